The van der Waals surface area contributed by atoms with Crippen LogP contribution in [0.1, 0.15) is 15.9 Å². The van der Waals surface area contributed by atoms with Gasteiger partial charge in [0, 0.05) is 5.56 Å². The van der Waals surface area contributed by atoms with Crippen molar-refractivity contribution in [3.8, 4) is 11.5 Å². The molecule has 0 aliphatic rings. The van der Waals surface area contributed by atoms with Crippen molar-refractivity contribution in [2.45, 2.75) is 0 Å². The van der Waals surface area contributed by atoms with Crippen LogP contribution < -0.4 is 14.9 Å². The molecule has 0 spiro atoms. The van der Waals surface area contributed by atoms with Crippen LogP contribution in [-0.4, -0.2) is 26.3 Å². The minimum absolute atomic E-state index is 0.298. The molecule has 5 heteroatoms. The van der Waals surface area contributed by atoms with E-state index in [1.54, 1.807) is 44.7 Å². The Hall–Kier alpha value is -2.82. The normalized spacial score (nSPS) is 10.4. The van der Waals surface area contributed by atoms with Crippen LogP contribution in [0.25, 0.3) is 0 Å². The molecule has 1 amide bonds. The molecule has 0 heterocycles. The Morgan fingerprint density at radius 3 is 2.43 bits per heavy atom. The van der Waals surface area contributed by atoms with Gasteiger partial charge in [-0.15, -0.1) is 0 Å². The maximum Gasteiger partial charge on any atom is 0.271 e. The SMILES string of the molecule is COc1cccc(/C=N/NC(=O)c2cccc(OC)c2)c1. The van der Waals surface area contributed by atoms with Crippen molar-refractivity contribution in [3.63, 3.8) is 0 Å². The summed E-state index contributed by atoms with van der Waals surface area (Å²) < 4.78 is 10.2. The minimum atomic E-state index is -0.298. The van der Waals surface area contributed by atoms with E-state index in [1.807, 2.05) is 24.3 Å². The number of ether oxygens (including phenoxy) is 2. The molecule has 2 rings (SSSR count). The highest BCUT2D eigenvalue weighted by Gasteiger charge is 2.04. The number of nitrogens with one attached hydrogen (secondary N) is 1. The Morgan fingerprint density at radius 2 is 1.71 bits per heavy atom. The lowest BCUT2D eigenvalue weighted by Crippen LogP contribution is -2.17. The fourth-order valence-corrected chi connectivity index (χ4v) is 1.72. The van der Waals surface area contributed by atoms with Crippen molar-refractivity contribution in [1.82, 2.24) is 5.43 Å². The van der Waals surface area contributed by atoms with E-state index in [0.29, 0.717) is 11.3 Å². The average molecular weight is 284 g/mol. The summed E-state index contributed by atoms with van der Waals surface area (Å²) in [5.41, 5.74) is 3.79. The van der Waals surface area contributed by atoms with Crippen molar-refractivity contribution in [2.24, 2.45) is 5.10 Å². The van der Waals surface area contributed by atoms with Crippen molar-refractivity contribution in [2.75, 3.05) is 14.2 Å². The van der Waals surface area contributed by atoms with Gasteiger partial charge in [-0.05, 0) is 35.9 Å². The maximum absolute atomic E-state index is 11.9. The van der Waals surface area contributed by atoms with Gasteiger partial charge in [0.25, 0.3) is 5.91 Å². The van der Waals surface area contributed by atoms with Crippen molar-refractivity contribution >= 4 is 12.1 Å². The molecule has 0 unspecified atom stereocenters. The molecule has 21 heavy (non-hydrogen) atoms. The fraction of sp³-hybridized carbons (Fsp3) is 0.125. The lowest BCUT2D eigenvalue weighted by atomic mass is 10.2. The van der Waals surface area contributed by atoms with Gasteiger partial charge < -0.3 is 9.47 Å². The quantitative estimate of drug-likeness (QED) is 0.677. The number of benzene rings is 2. The summed E-state index contributed by atoms with van der Waals surface area (Å²) >= 11 is 0. The first kappa shape index (κ1) is 14.6. The first-order valence-corrected chi connectivity index (χ1v) is 6.34. The predicted molar refractivity (Wildman–Crippen MR) is 81.0 cm³/mol. The molecule has 0 bridgehead atoms. The monoisotopic (exact) mass is 284 g/mol. The molecule has 0 aromatic heterocycles. The second-order valence-electron chi connectivity index (χ2n) is 4.21. The van der Waals surface area contributed by atoms with Crippen LogP contribution in [0, 0.1) is 0 Å². The molecule has 2 aromatic carbocycles. The summed E-state index contributed by atoms with van der Waals surface area (Å²) in [4.78, 5) is 11.9. The zero-order valence-corrected chi connectivity index (χ0v) is 11.9. The van der Waals surface area contributed by atoms with Gasteiger partial charge in [0.15, 0.2) is 0 Å². The molecule has 0 saturated carbocycles. The van der Waals surface area contributed by atoms with Gasteiger partial charge in [-0.25, -0.2) is 5.43 Å². The van der Waals surface area contributed by atoms with Crippen LogP contribution in [0.4, 0.5) is 0 Å². The highest BCUT2D eigenvalue weighted by Crippen LogP contribution is 2.12. The third-order valence-electron chi connectivity index (χ3n) is 2.81. The van der Waals surface area contributed by atoms with Crippen LogP contribution >= 0.6 is 0 Å². The summed E-state index contributed by atoms with van der Waals surface area (Å²) in [6, 6.07) is 14.2. The minimum Gasteiger partial charge on any atom is -0.497 e. The number of nitrogens with zero attached hydrogens (tertiary/aromatic N) is 1. The molecule has 108 valence electrons. The topological polar surface area (TPSA) is 59.9 Å². The molecule has 5 nitrogen and oxygen atoms in total. The third kappa shape index (κ3) is 4.07. The zero-order valence-electron chi connectivity index (χ0n) is 11.9. The van der Waals surface area contributed by atoms with E-state index in [2.05, 4.69) is 10.5 Å². The molecule has 0 saturated heterocycles. The molecule has 0 atom stereocenters. The second kappa shape index (κ2) is 7.09. The standard InChI is InChI=1S/C16H16N2O3/c1-20-14-7-3-5-12(9-14)11-17-18-16(19)13-6-4-8-15(10-13)21-2/h3-11H,1-2H3,(H,18,19)/b17-11+. The highest BCUT2D eigenvalue weighted by atomic mass is 16.5. The molecule has 0 aliphatic carbocycles. The number of amides is 1. The van der Waals surface area contributed by atoms with E-state index in [0.717, 1.165) is 11.3 Å². The molecular formula is C16H16N2O3. The molecule has 2 aromatic rings. The predicted octanol–water partition coefficient (Wildman–Crippen LogP) is 2.47. The number of hydrazone groups is 1. The Morgan fingerprint density at radius 1 is 1.05 bits per heavy atom. The smallest absolute Gasteiger partial charge is 0.271 e. The molecular weight excluding hydrogens is 268 g/mol. The highest BCUT2D eigenvalue weighted by molar-refractivity contribution is 5.95. The van der Waals surface area contributed by atoms with E-state index in [1.165, 1.54) is 0 Å². The van der Waals surface area contributed by atoms with Gasteiger partial charge in [-0.1, -0.05) is 18.2 Å². The third-order valence-corrected chi connectivity index (χ3v) is 2.81. The Bertz CT molecular complexity index is 653. The fourth-order valence-electron chi connectivity index (χ4n) is 1.72. The number of methoxy groups -OCH3 is 2. The van der Waals surface area contributed by atoms with E-state index >= 15 is 0 Å². The summed E-state index contributed by atoms with van der Waals surface area (Å²) in [6.45, 7) is 0. The largest absolute Gasteiger partial charge is 0.497 e. The van der Waals surface area contributed by atoms with E-state index < -0.39 is 0 Å². The first-order valence-electron chi connectivity index (χ1n) is 6.34. The number of rotatable bonds is 5. The number of hydrogen-bond acceptors (Lipinski definition) is 4. The average Bonchev–Trinajstić information content (AvgIpc) is 2.55. The Balaban J connectivity index is 2.01. The first-order chi connectivity index (χ1) is 10.2. The van der Waals surface area contributed by atoms with Gasteiger partial charge >= 0.3 is 0 Å². The van der Waals surface area contributed by atoms with E-state index in [4.69, 9.17) is 9.47 Å². The van der Waals surface area contributed by atoms with E-state index in [9.17, 15) is 4.79 Å². The van der Waals surface area contributed by atoms with Crippen LogP contribution in [-0.2, 0) is 0 Å². The maximum atomic E-state index is 11.9. The molecule has 1 N–H and O–H groups in total. The van der Waals surface area contributed by atoms with Crippen LogP contribution in [0.2, 0.25) is 0 Å². The lowest BCUT2D eigenvalue weighted by Gasteiger charge is -2.03. The summed E-state index contributed by atoms with van der Waals surface area (Å²) in [5.74, 6) is 1.06. The van der Waals surface area contributed by atoms with Gasteiger partial charge in [0.2, 0.25) is 0 Å². The summed E-state index contributed by atoms with van der Waals surface area (Å²) in [6.07, 6.45) is 1.56. The van der Waals surface area contributed by atoms with Crippen LogP contribution in [0.5, 0.6) is 11.5 Å². The molecule has 0 radical (unpaired) electrons. The number of hydrogen-bond donors (Lipinski definition) is 1. The van der Waals surface area contributed by atoms with Crippen LogP contribution in [0.15, 0.2) is 53.6 Å². The van der Waals surface area contributed by atoms with Gasteiger partial charge in [0.05, 0.1) is 20.4 Å². The van der Waals surface area contributed by atoms with Crippen molar-refractivity contribution in [3.05, 3.63) is 59.7 Å². The van der Waals surface area contributed by atoms with Gasteiger partial charge in [0.1, 0.15) is 11.5 Å². The molecule has 0 fully saturated rings. The second-order valence-corrected chi connectivity index (χ2v) is 4.21. The summed E-state index contributed by atoms with van der Waals surface area (Å²) in [5, 5.41) is 3.93. The van der Waals surface area contributed by atoms with Gasteiger partial charge in [-0.2, -0.15) is 5.10 Å². The van der Waals surface area contributed by atoms with Crippen molar-refractivity contribution in [1.29, 1.82) is 0 Å². The number of carbonyl (C=O) groups is 1. The Labute approximate surface area is 123 Å². The summed E-state index contributed by atoms with van der Waals surface area (Å²) in [7, 11) is 3.15. The van der Waals surface area contributed by atoms with Gasteiger partial charge in [-0.3, -0.25) is 4.79 Å². The van der Waals surface area contributed by atoms with E-state index in [-0.39, 0.29) is 5.91 Å². The van der Waals surface area contributed by atoms with Crippen LogP contribution in [0.3, 0.4) is 0 Å². The zero-order chi connectivity index (χ0) is 15.1. The van der Waals surface area contributed by atoms with Crippen molar-refractivity contribution < 1.29 is 14.3 Å². The number of carbonyl (C=O) groups excluding carboxylic acids is 1. The Kier molecular flexibility index (Phi) is 4.93. The lowest BCUT2D eigenvalue weighted by molar-refractivity contribution is 0.0955. The molecule has 0 aliphatic heterocycles.